The van der Waals surface area contributed by atoms with Crippen LogP contribution in [0.15, 0.2) is 42.5 Å². The largest absolute Gasteiger partial charge is 0.462 e. The van der Waals surface area contributed by atoms with E-state index in [1.807, 2.05) is 19.1 Å². The highest BCUT2D eigenvalue weighted by Gasteiger charge is 2.24. The molecule has 0 aliphatic carbocycles. The Balaban J connectivity index is 1.54. The Hall–Kier alpha value is -3.79. The molecule has 10 nitrogen and oxygen atoms in total. The second-order valence-corrected chi connectivity index (χ2v) is 7.97. The fraction of sp³-hybridized carbons (Fsp3) is 0.375. The molecule has 2 aromatic rings. The molecular weight excluding hydrogens is 442 g/mol. The predicted octanol–water partition coefficient (Wildman–Crippen LogP) is 2.58. The highest BCUT2D eigenvalue weighted by Crippen LogP contribution is 2.19. The summed E-state index contributed by atoms with van der Waals surface area (Å²) in [5.41, 5.74) is 1.62. The Morgan fingerprint density at radius 1 is 0.971 bits per heavy atom. The summed E-state index contributed by atoms with van der Waals surface area (Å²) >= 11 is 0. The Morgan fingerprint density at radius 3 is 2.21 bits per heavy atom. The highest BCUT2D eigenvalue weighted by molar-refractivity contribution is 5.97. The number of nitrogens with zero attached hydrogens (tertiary/aromatic N) is 3. The van der Waals surface area contributed by atoms with Crippen LogP contribution in [-0.2, 0) is 20.8 Å². The molecule has 10 heteroatoms. The monoisotopic (exact) mass is 469 g/mol. The number of hydrogen-bond donors (Lipinski definition) is 0. The van der Waals surface area contributed by atoms with Crippen molar-refractivity contribution in [3.05, 3.63) is 74.8 Å². The van der Waals surface area contributed by atoms with E-state index in [4.69, 9.17) is 9.47 Å². The second-order valence-electron chi connectivity index (χ2n) is 7.97. The summed E-state index contributed by atoms with van der Waals surface area (Å²) in [6.07, 6.45) is 0. The van der Waals surface area contributed by atoms with Crippen molar-refractivity contribution in [2.75, 3.05) is 39.4 Å². The van der Waals surface area contributed by atoms with Gasteiger partial charge in [0.2, 0.25) is 0 Å². The number of non-ortho nitro benzene ring substituents is 1. The molecule has 1 aliphatic rings. The first-order valence-electron chi connectivity index (χ1n) is 11.0. The maximum Gasteiger partial charge on any atom is 0.338 e. The van der Waals surface area contributed by atoms with Crippen molar-refractivity contribution in [1.82, 2.24) is 9.80 Å². The van der Waals surface area contributed by atoms with Gasteiger partial charge in [-0.2, -0.15) is 0 Å². The van der Waals surface area contributed by atoms with Crippen LogP contribution in [0.3, 0.4) is 0 Å². The molecule has 0 aromatic heterocycles. The molecule has 0 unspecified atom stereocenters. The van der Waals surface area contributed by atoms with Crippen LogP contribution in [0.25, 0.3) is 0 Å². The topological polar surface area (TPSA) is 119 Å². The van der Waals surface area contributed by atoms with Crippen LogP contribution in [-0.4, -0.2) is 72.0 Å². The van der Waals surface area contributed by atoms with Crippen LogP contribution >= 0.6 is 0 Å². The van der Waals surface area contributed by atoms with Gasteiger partial charge >= 0.3 is 11.9 Å². The average molecular weight is 469 g/mol. The maximum atomic E-state index is 12.5. The summed E-state index contributed by atoms with van der Waals surface area (Å²) in [7, 11) is 0. The lowest BCUT2D eigenvalue weighted by Gasteiger charge is -2.34. The number of piperazine rings is 1. The van der Waals surface area contributed by atoms with Gasteiger partial charge in [0.15, 0.2) is 6.61 Å². The molecule has 0 radical (unpaired) electrons. The quantitative estimate of drug-likeness (QED) is 0.329. The van der Waals surface area contributed by atoms with Crippen LogP contribution in [0.2, 0.25) is 0 Å². The van der Waals surface area contributed by atoms with E-state index in [0.29, 0.717) is 26.2 Å². The summed E-state index contributed by atoms with van der Waals surface area (Å²) in [5.74, 6) is -2.07. The van der Waals surface area contributed by atoms with E-state index in [2.05, 4.69) is 17.0 Å². The Bertz CT molecular complexity index is 1080. The van der Waals surface area contributed by atoms with E-state index in [1.54, 1.807) is 11.8 Å². The van der Waals surface area contributed by atoms with Gasteiger partial charge in [-0.1, -0.05) is 29.8 Å². The van der Waals surface area contributed by atoms with Crippen molar-refractivity contribution >= 4 is 23.5 Å². The number of ether oxygens (including phenoxy) is 2. The predicted molar refractivity (Wildman–Crippen MR) is 122 cm³/mol. The summed E-state index contributed by atoms with van der Waals surface area (Å²) in [4.78, 5) is 51.3. The van der Waals surface area contributed by atoms with Gasteiger partial charge < -0.3 is 14.4 Å². The van der Waals surface area contributed by atoms with Crippen LogP contribution < -0.4 is 0 Å². The van der Waals surface area contributed by atoms with Gasteiger partial charge in [0.1, 0.15) is 0 Å². The number of benzene rings is 2. The van der Waals surface area contributed by atoms with Gasteiger partial charge in [0.05, 0.1) is 22.7 Å². The third-order valence-electron chi connectivity index (χ3n) is 5.42. The lowest BCUT2D eigenvalue weighted by Crippen LogP contribution is -2.49. The first-order chi connectivity index (χ1) is 16.3. The van der Waals surface area contributed by atoms with E-state index in [9.17, 15) is 24.5 Å². The molecule has 1 saturated heterocycles. The molecule has 1 heterocycles. The molecular formula is C24H27N3O7. The summed E-state index contributed by atoms with van der Waals surface area (Å²) in [6.45, 7) is 6.43. The molecule has 1 aliphatic heterocycles. The zero-order valence-corrected chi connectivity index (χ0v) is 19.2. The van der Waals surface area contributed by atoms with Crippen LogP contribution in [0, 0.1) is 17.0 Å². The standard InChI is InChI=1S/C24H27N3O7/c1-3-33-23(29)19-12-20(14-21(13-19)27(31)32)24(30)34-16-22(28)26-9-7-25(8-10-26)15-18-6-4-5-17(2)11-18/h4-6,11-14H,3,7-10,15-16H2,1-2H3. The number of aryl methyl sites for hydroxylation is 1. The third kappa shape index (κ3) is 6.61. The molecule has 0 spiro atoms. The van der Waals surface area contributed by atoms with Gasteiger partial charge in [0.25, 0.3) is 11.6 Å². The minimum absolute atomic E-state index is 0.0774. The summed E-state index contributed by atoms with van der Waals surface area (Å²) in [5, 5.41) is 11.2. The first-order valence-corrected chi connectivity index (χ1v) is 11.0. The zero-order chi connectivity index (χ0) is 24.7. The number of amides is 1. The third-order valence-corrected chi connectivity index (χ3v) is 5.42. The number of carbonyl (C=O) groups excluding carboxylic acids is 3. The van der Waals surface area contributed by atoms with Crippen molar-refractivity contribution in [3.8, 4) is 0 Å². The maximum absolute atomic E-state index is 12.5. The second kappa shape index (κ2) is 11.4. The zero-order valence-electron chi connectivity index (χ0n) is 19.2. The molecule has 0 bridgehead atoms. The molecule has 0 N–H and O–H groups in total. The van der Waals surface area contributed by atoms with E-state index in [1.165, 1.54) is 11.1 Å². The number of nitro groups is 1. The van der Waals surface area contributed by atoms with Crippen molar-refractivity contribution < 1.29 is 28.8 Å². The molecule has 1 amide bonds. The van der Waals surface area contributed by atoms with Gasteiger partial charge in [0, 0.05) is 44.9 Å². The number of hydrogen-bond acceptors (Lipinski definition) is 8. The smallest absolute Gasteiger partial charge is 0.338 e. The Morgan fingerprint density at radius 2 is 1.62 bits per heavy atom. The molecule has 0 saturated carbocycles. The lowest BCUT2D eigenvalue weighted by atomic mass is 10.1. The molecule has 2 aromatic carbocycles. The minimum Gasteiger partial charge on any atom is -0.462 e. The number of esters is 2. The molecule has 1 fully saturated rings. The summed E-state index contributed by atoms with van der Waals surface area (Å²) in [6, 6.07) is 11.5. The van der Waals surface area contributed by atoms with Gasteiger partial charge in [-0.15, -0.1) is 0 Å². The van der Waals surface area contributed by atoms with Crippen LogP contribution in [0.4, 0.5) is 5.69 Å². The lowest BCUT2D eigenvalue weighted by molar-refractivity contribution is -0.384. The van der Waals surface area contributed by atoms with Gasteiger partial charge in [-0.3, -0.25) is 19.8 Å². The van der Waals surface area contributed by atoms with Crippen LogP contribution in [0.1, 0.15) is 38.8 Å². The van der Waals surface area contributed by atoms with Gasteiger partial charge in [-0.05, 0) is 25.5 Å². The van der Waals surface area contributed by atoms with Crippen molar-refractivity contribution in [2.24, 2.45) is 0 Å². The fourth-order valence-electron chi connectivity index (χ4n) is 3.69. The number of carbonyl (C=O) groups is 3. The van der Waals surface area contributed by atoms with Crippen molar-refractivity contribution in [3.63, 3.8) is 0 Å². The van der Waals surface area contributed by atoms with E-state index >= 15 is 0 Å². The Kier molecular flexibility index (Phi) is 8.31. The van der Waals surface area contributed by atoms with E-state index in [0.717, 1.165) is 24.7 Å². The molecule has 3 rings (SSSR count). The minimum atomic E-state index is -0.930. The SMILES string of the molecule is CCOC(=O)c1cc(C(=O)OCC(=O)N2CCN(Cc3cccc(C)c3)CC2)cc([N+](=O)[O-])c1. The molecule has 0 atom stereocenters. The summed E-state index contributed by atoms with van der Waals surface area (Å²) < 4.78 is 9.94. The van der Waals surface area contributed by atoms with Crippen LogP contribution in [0.5, 0.6) is 0 Å². The Labute approximate surface area is 197 Å². The molecule has 34 heavy (non-hydrogen) atoms. The number of nitro benzene ring substituents is 1. The van der Waals surface area contributed by atoms with E-state index < -0.39 is 29.2 Å². The fourth-order valence-corrected chi connectivity index (χ4v) is 3.69. The number of rotatable bonds is 8. The van der Waals surface area contributed by atoms with Crippen molar-refractivity contribution in [2.45, 2.75) is 20.4 Å². The van der Waals surface area contributed by atoms with E-state index in [-0.39, 0.29) is 23.6 Å². The highest BCUT2D eigenvalue weighted by atomic mass is 16.6. The van der Waals surface area contributed by atoms with Crippen molar-refractivity contribution in [1.29, 1.82) is 0 Å². The average Bonchev–Trinajstić information content (AvgIpc) is 2.82. The van der Waals surface area contributed by atoms with Gasteiger partial charge in [-0.25, -0.2) is 9.59 Å². The molecule has 180 valence electrons. The first kappa shape index (κ1) is 24.8. The normalized spacial score (nSPS) is 13.9.